The Morgan fingerprint density at radius 1 is 1.06 bits per heavy atom. The predicted molar refractivity (Wildman–Crippen MR) is 63.7 cm³/mol. The maximum Gasteiger partial charge on any atom is 0.311 e. The second-order valence-electron chi connectivity index (χ2n) is 4.76. The van der Waals surface area contributed by atoms with Crippen LogP contribution in [0.4, 0.5) is 0 Å². The molecule has 4 nitrogen and oxygen atoms in total. The van der Waals surface area contributed by atoms with Gasteiger partial charge in [0, 0.05) is 0 Å². The molecule has 0 saturated heterocycles. The quantitative estimate of drug-likeness (QED) is 0.724. The van der Waals surface area contributed by atoms with Crippen LogP contribution in [0.3, 0.4) is 0 Å². The molecule has 96 valence electrons. The molecule has 0 spiro atoms. The van der Waals surface area contributed by atoms with Gasteiger partial charge in [-0.25, -0.2) is 0 Å². The van der Waals surface area contributed by atoms with E-state index in [1.165, 1.54) is 0 Å². The van der Waals surface area contributed by atoms with Crippen molar-refractivity contribution in [2.24, 2.45) is 10.8 Å². The zero-order valence-corrected chi connectivity index (χ0v) is 10.4. The van der Waals surface area contributed by atoms with Crippen molar-refractivity contribution in [2.75, 3.05) is 0 Å². The molecule has 0 saturated carbocycles. The fourth-order valence-electron chi connectivity index (χ4n) is 3.05. The predicted octanol–water partition coefficient (Wildman–Crippen LogP) is 2.69. The molecule has 2 unspecified atom stereocenters. The van der Waals surface area contributed by atoms with Gasteiger partial charge in [0.05, 0.1) is 10.8 Å². The van der Waals surface area contributed by atoms with E-state index in [2.05, 4.69) is 0 Å². The Hall–Kier alpha value is -1.32. The first-order valence-corrected chi connectivity index (χ1v) is 6.08. The lowest BCUT2D eigenvalue weighted by atomic mass is 9.54. The average Bonchev–Trinajstić information content (AvgIpc) is 2.29. The lowest BCUT2D eigenvalue weighted by Gasteiger charge is -2.46. The van der Waals surface area contributed by atoms with E-state index >= 15 is 0 Å². The Morgan fingerprint density at radius 3 is 1.88 bits per heavy atom. The third-order valence-corrected chi connectivity index (χ3v) is 4.11. The fraction of sp³-hybridized carbons (Fsp3) is 0.692. The third-order valence-electron chi connectivity index (χ3n) is 4.11. The second-order valence-corrected chi connectivity index (χ2v) is 4.76. The first kappa shape index (κ1) is 13.7. The monoisotopic (exact) mass is 240 g/mol. The zero-order valence-electron chi connectivity index (χ0n) is 10.4. The molecular weight excluding hydrogens is 220 g/mol. The van der Waals surface area contributed by atoms with Crippen LogP contribution in [0.2, 0.25) is 0 Å². The summed E-state index contributed by atoms with van der Waals surface area (Å²) < 4.78 is 0. The molecule has 1 rings (SSSR count). The SMILES string of the molecule is CCCC1(C(=O)O)CC=CCC1(CC)C(=O)O. The first-order valence-electron chi connectivity index (χ1n) is 6.08. The van der Waals surface area contributed by atoms with Gasteiger partial charge in [-0.2, -0.15) is 0 Å². The van der Waals surface area contributed by atoms with Gasteiger partial charge in [0.2, 0.25) is 0 Å². The van der Waals surface area contributed by atoms with Gasteiger partial charge in [0.15, 0.2) is 0 Å². The van der Waals surface area contributed by atoms with Crippen molar-refractivity contribution >= 4 is 11.9 Å². The van der Waals surface area contributed by atoms with E-state index in [0.717, 1.165) is 0 Å². The van der Waals surface area contributed by atoms with Gasteiger partial charge in [-0.1, -0.05) is 32.4 Å². The number of carboxylic acid groups (broad SMARTS) is 2. The van der Waals surface area contributed by atoms with Crippen LogP contribution in [0.5, 0.6) is 0 Å². The molecule has 4 heteroatoms. The molecule has 1 aliphatic rings. The largest absolute Gasteiger partial charge is 0.481 e. The summed E-state index contributed by atoms with van der Waals surface area (Å²) in [5.74, 6) is -1.96. The van der Waals surface area contributed by atoms with Crippen molar-refractivity contribution in [3.63, 3.8) is 0 Å². The minimum absolute atomic E-state index is 0.311. The van der Waals surface area contributed by atoms with Crippen LogP contribution in [0.25, 0.3) is 0 Å². The van der Waals surface area contributed by atoms with Gasteiger partial charge in [0.25, 0.3) is 0 Å². The Bertz CT molecular complexity index is 347. The van der Waals surface area contributed by atoms with Crippen molar-refractivity contribution in [1.29, 1.82) is 0 Å². The maximum atomic E-state index is 11.6. The summed E-state index contributed by atoms with van der Waals surface area (Å²) in [6.07, 6.45) is 5.66. The van der Waals surface area contributed by atoms with Crippen LogP contribution in [0, 0.1) is 10.8 Å². The molecule has 0 aliphatic heterocycles. The molecule has 2 N–H and O–H groups in total. The molecule has 0 fully saturated rings. The molecule has 0 aromatic rings. The van der Waals surface area contributed by atoms with Crippen LogP contribution >= 0.6 is 0 Å². The Morgan fingerprint density at radius 2 is 1.53 bits per heavy atom. The van der Waals surface area contributed by atoms with E-state index in [1.54, 1.807) is 19.1 Å². The number of aliphatic carboxylic acids is 2. The highest BCUT2D eigenvalue weighted by Crippen LogP contribution is 2.53. The molecule has 17 heavy (non-hydrogen) atoms. The molecule has 0 aromatic carbocycles. The van der Waals surface area contributed by atoms with E-state index in [0.29, 0.717) is 32.1 Å². The van der Waals surface area contributed by atoms with E-state index < -0.39 is 22.8 Å². The van der Waals surface area contributed by atoms with Crippen molar-refractivity contribution in [1.82, 2.24) is 0 Å². The first-order chi connectivity index (χ1) is 7.97. The highest BCUT2D eigenvalue weighted by atomic mass is 16.4. The normalized spacial score (nSPS) is 32.4. The zero-order chi connectivity index (χ0) is 13.1. The van der Waals surface area contributed by atoms with Crippen LogP contribution < -0.4 is 0 Å². The van der Waals surface area contributed by atoms with Crippen LogP contribution in [-0.4, -0.2) is 22.2 Å². The topological polar surface area (TPSA) is 74.6 Å². The number of hydrogen-bond acceptors (Lipinski definition) is 2. The Balaban J connectivity index is 3.35. The van der Waals surface area contributed by atoms with Crippen molar-refractivity contribution in [3.05, 3.63) is 12.2 Å². The standard InChI is InChI=1S/C13H20O4/c1-3-7-13(11(16)17)9-6-5-8-12(13,4-2)10(14)15/h5-6H,3-4,7-9H2,1-2H3,(H,14,15)(H,16,17). The Kier molecular flexibility index (Phi) is 3.96. The van der Waals surface area contributed by atoms with E-state index in [-0.39, 0.29) is 0 Å². The number of carbonyl (C=O) groups is 2. The summed E-state index contributed by atoms with van der Waals surface area (Å²) in [7, 11) is 0. The average molecular weight is 240 g/mol. The lowest BCUT2D eigenvalue weighted by Crippen LogP contribution is -2.53. The summed E-state index contributed by atoms with van der Waals surface area (Å²) in [6, 6.07) is 0. The Labute approximate surface area is 101 Å². The molecule has 0 bridgehead atoms. The summed E-state index contributed by atoms with van der Waals surface area (Å²) >= 11 is 0. The van der Waals surface area contributed by atoms with Crippen LogP contribution in [0.1, 0.15) is 46.0 Å². The third kappa shape index (κ3) is 1.85. The molecule has 1 aliphatic carbocycles. The molecule has 2 atom stereocenters. The highest BCUT2D eigenvalue weighted by molar-refractivity contribution is 5.87. The number of hydrogen-bond donors (Lipinski definition) is 2. The van der Waals surface area contributed by atoms with E-state index in [1.807, 2.05) is 6.92 Å². The lowest BCUT2D eigenvalue weighted by molar-refractivity contribution is -0.176. The maximum absolute atomic E-state index is 11.6. The molecule has 0 heterocycles. The number of carboxylic acids is 2. The van der Waals surface area contributed by atoms with Gasteiger partial charge < -0.3 is 10.2 Å². The van der Waals surface area contributed by atoms with Crippen molar-refractivity contribution < 1.29 is 19.8 Å². The van der Waals surface area contributed by atoms with Gasteiger partial charge in [-0.15, -0.1) is 0 Å². The summed E-state index contributed by atoms with van der Waals surface area (Å²) in [5, 5.41) is 19.0. The fourth-order valence-corrected chi connectivity index (χ4v) is 3.05. The number of rotatable bonds is 5. The van der Waals surface area contributed by atoms with Gasteiger partial charge in [-0.05, 0) is 25.7 Å². The number of allylic oxidation sites excluding steroid dienone is 2. The van der Waals surface area contributed by atoms with Gasteiger partial charge in [0.1, 0.15) is 0 Å². The minimum atomic E-state index is -1.16. The summed E-state index contributed by atoms with van der Waals surface area (Å²) in [6.45, 7) is 3.66. The molecule has 0 radical (unpaired) electrons. The van der Waals surface area contributed by atoms with E-state index in [4.69, 9.17) is 0 Å². The van der Waals surface area contributed by atoms with Crippen molar-refractivity contribution in [2.45, 2.75) is 46.0 Å². The van der Waals surface area contributed by atoms with E-state index in [9.17, 15) is 19.8 Å². The smallest absolute Gasteiger partial charge is 0.311 e. The molecule has 0 aromatic heterocycles. The highest BCUT2D eigenvalue weighted by Gasteiger charge is 2.59. The molecule has 0 amide bonds. The second kappa shape index (κ2) is 4.90. The molecular formula is C13H20O4. The summed E-state index contributed by atoms with van der Waals surface area (Å²) in [4.78, 5) is 23.3. The summed E-state index contributed by atoms with van der Waals surface area (Å²) in [5.41, 5.74) is -2.32. The van der Waals surface area contributed by atoms with Crippen LogP contribution in [-0.2, 0) is 9.59 Å². The van der Waals surface area contributed by atoms with Crippen LogP contribution in [0.15, 0.2) is 12.2 Å². The van der Waals surface area contributed by atoms with Gasteiger partial charge >= 0.3 is 11.9 Å². The minimum Gasteiger partial charge on any atom is -0.481 e. The van der Waals surface area contributed by atoms with Gasteiger partial charge in [-0.3, -0.25) is 9.59 Å². The van der Waals surface area contributed by atoms with Crippen molar-refractivity contribution in [3.8, 4) is 0 Å².